The number of nitrogens with two attached hydrogens (primary N) is 1. The third kappa shape index (κ3) is 11.4. The topological polar surface area (TPSA) is 47.3 Å². The molecule has 0 aromatic rings. The van der Waals surface area contributed by atoms with Gasteiger partial charge in [0, 0.05) is 36.1 Å². The molecule has 3 nitrogen and oxygen atoms in total. The normalized spacial score (nSPS) is 8.10. The summed E-state index contributed by atoms with van der Waals surface area (Å²) in [5.41, 5.74) is 5.06. The average molecular weight is 171 g/mol. The van der Waals surface area contributed by atoms with Crippen molar-refractivity contribution in [2.45, 2.75) is 6.92 Å². The zero-order valence-electron chi connectivity index (χ0n) is 6.52. The van der Waals surface area contributed by atoms with Crippen LogP contribution in [0, 0.1) is 0 Å². The van der Waals surface area contributed by atoms with E-state index in [2.05, 4.69) is 17.5 Å². The first kappa shape index (κ1) is 13.3. The van der Waals surface area contributed by atoms with E-state index < -0.39 is 0 Å². The SMILES string of the molecule is CCNCCOC(N)=S.[Na]. The predicted molar refractivity (Wildman–Crippen MR) is 47.0 cm³/mol. The maximum atomic E-state index is 5.06. The van der Waals surface area contributed by atoms with Crippen molar-refractivity contribution < 1.29 is 4.74 Å². The van der Waals surface area contributed by atoms with Crippen LogP contribution in [0.3, 0.4) is 0 Å². The van der Waals surface area contributed by atoms with Gasteiger partial charge in [0.15, 0.2) is 0 Å². The number of likely N-dealkylation sites (N-methyl/N-ethyl adjacent to an activating group) is 1. The molecule has 0 atom stereocenters. The summed E-state index contributed by atoms with van der Waals surface area (Å²) < 4.78 is 4.79. The van der Waals surface area contributed by atoms with Gasteiger partial charge in [0.25, 0.3) is 5.17 Å². The number of hydrogen-bond acceptors (Lipinski definition) is 3. The molecule has 10 heavy (non-hydrogen) atoms. The first-order valence-corrected chi connectivity index (χ1v) is 3.31. The van der Waals surface area contributed by atoms with Crippen molar-refractivity contribution in [3.8, 4) is 0 Å². The number of hydrogen-bond donors (Lipinski definition) is 2. The van der Waals surface area contributed by atoms with E-state index >= 15 is 0 Å². The van der Waals surface area contributed by atoms with Gasteiger partial charge in [0.2, 0.25) is 0 Å². The van der Waals surface area contributed by atoms with Crippen LogP contribution in [-0.2, 0) is 4.74 Å². The van der Waals surface area contributed by atoms with Gasteiger partial charge in [0.1, 0.15) is 6.61 Å². The fraction of sp³-hybridized carbons (Fsp3) is 0.800. The van der Waals surface area contributed by atoms with Crippen LogP contribution >= 0.6 is 12.2 Å². The van der Waals surface area contributed by atoms with Gasteiger partial charge in [-0.2, -0.15) is 0 Å². The summed E-state index contributed by atoms with van der Waals surface area (Å²) in [5, 5.41) is 3.18. The van der Waals surface area contributed by atoms with Crippen molar-refractivity contribution in [3.63, 3.8) is 0 Å². The van der Waals surface area contributed by atoms with Crippen LogP contribution < -0.4 is 11.1 Å². The molecular weight excluding hydrogens is 159 g/mol. The molecule has 0 saturated heterocycles. The second-order valence-electron chi connectivity index (χ2n) is 1.52. The van der Waals surface area contributed by atoms with Crippen molar-refractivity contribution in [2.24, 2.45) is 5.73 Å². The maximum absolute atomic E-state index is 5.06. The summed E-state index contributed by atoms with van der Waals surface area (Å²) in [6.07, 6.45) is 0. The monoisotopic (exact) mass is 171 g/mol. The first-order valence-electron chi connectivity index (χ1n) is 2.90. The summed E-state index contributed by atoms with van der Waals surface area (Å²) in [6, 6.07) is 0. The minimum atomic E-state index is 0. The van der Waals surface area contributed by atoms with Crippen LogP contribution in [0.1, 0.15) is 6.92 Å². The standard InChI is InChI=1S/C5H12N2OS.Na/c1-2-7-3-4-8-5(6)9;/h7H,2-4H2,1H3,(H2,6,9);. The Balaban J connectivity index is 0. The molecular formula is C5H12N2NaOS. The van der Waals surface area contributed by atoms with Gasteiger partial charge in [-0.25, -0.2) is 0 Å². The van der Waals surface area contributed by atoms with E-state index in [-0.39, 0.29) is 34.7 Å². The summed E-state index contributed by atoms with van der Waals surface area (Å²) in [7, 11) is 0. The van der Waals surface area contributed by atoms with Gasteiger partial charge in [-0.15, -0.1) is 0 Å². The molecule has 0 fully saturated rings. The van der Waals surface area contributed by atoms with E-state index in [1.165, 1.54) is 0 Å². The molecule has 0 rings (SSSR count). The van der Waals surface area contributed by atoms with E-state index in [9.17, 15) is 0 Å². The fourth-order valence-electron chi connectivity index (χ4n) is 0.401. The molecule has 55 valence electrons. The Hall–Kier alpha value is 0.650. The molecule has 3 N–H and O–H groups in total. The number of thiocarbonyl (C=S) groups is 1. The molecule has 0 aromatic heterocycles. The van der Waals surface area contributed by atoms with Gasteiger partial charge in [-0.3, -0.25) is 0 Å². The smallest absolute Gasteiger partial charge is 0.253 e. The maximum Gasteiger partial charge on any atom is 0.253 e. The minimum absolute atomic E-state index is 0. The van der Waals surface area contributed by atoms with Crippen LogP contribution in [0.15, 0.2) is 0 Å². The van der Waals surface area contributed by atoms with Gasteiger partial charge in [-0.1, -0.05) is 6.92 Å². The Bertz CT molecular complexity index is 91.7. The Labute approximate surface area is 89.0 Å². The van der Waals surface area contributed by atoms with E-state index in [1.54, 1.807) is 0 Å². The Morgan fingerprint density at radius 2 is 2.30 bits per heavy atom. The summed E-state index contributed by atoms with van der Waals surface area (Å²) in [5.74, 6) is 0. The average Bonchev–Trinajstić information content (AvgIpc) is 1.80. The molecule has 0 bridgehead atoms. The van der Waals surface area contributed by atoms with Gasteiger partial charge in [-0.05, 0) is 18.8 Å². The van der Waals surface area contributed by atoms with Crippen LogP contribution in [0.5, 0.6) is 0 Å². The minimum Gasteiger partial charge on any atom is -0.470 e. The van der Waals surface area contributed by atoms with Gasteiger partial charge in [0.05, 0.1) is 0 Å². The number of rotatable bonds is 4. The van der Waals surface area contributed by atoms with Crippen LogP contribution in [-0.4, -0.2) is 54.4 Å². The largest absolute Gasteiger partial charge is 0.470 e. The van der Waals surface area contributed by atoms with E-state index in [1.807, 2.05) is 6.92 Å². The molecule has 0 unspecified atom stereocenters. The van der Waals surface area contributed by atoms with Gasteiger partial charge < -0.3 is 15.8 Å². The Morgan fingerprint density at radius 3 is 2.70 bits per heavy atom. The molecule has 0 aliphatic rings. The van der Waals surface area contributed by atoms with Crippen molar-refractivity contribution in [3.05, 3.63) is 0 Å². The first-order chi connectivity index (χ1) is 4.27. The van der Waals surface area contributed by atoms with Crippen molar-refractivity contribution >= 4 is 46.9 Å². The molecule has 0 heterocycles. The molecule has 5 heteroatoms. The van der Waals surface area contributed by atoms with E-state index in [4.69, 9.17) is 10.5 Å². The Kier molecular flexibility index (Phi) is 12.8. The third-order valence-electron chi connectivity index (χ3n) is 0.773. The second kappa shape index (κ2) is 9.65. The third-order valence-corrected chi connectivity index (χ3v) is 0.891. The second-order valence-corrected chi connectivity index (χ2v) is 1.92. The fourth-order valence-corrected chi connectivity index (χ4v) is 0.484. The van der Waals surface area contributed by atoms with E-state index in [0.29, 0.717) is 6.61 Å². The van der Waals surface area contributed by atoms with Gasteiger partial charge >= 0.3 is 0 Å². The van der Waals surface area contributed by atoms with Crippen molar-refractivity contribution in [2.75, 3.05) is 19.7 Å². The molecule has 0 saturated carbocycles. The van der Waals surface area contributed by atoms with E-state index in [0.717, 1.165) is 13.1 Å². The summed E-state index contributed by atoms with van der Waals surface area (Å²) in [4.78, 5) is 0. The quantitative estimate of drug-likeness (QED) is 0.339. The molecule has 0 aliphatic carbocycles. The Morgan fingerprint density at radius 1 is 1.70 bits per heavy atom. The summed E-state index contributed by atoms with van der Waals surface area (Å²) in [6.45, 7) is 4.33. The van der Waals surface area contributed by atoms with Crippen LogP contribution in [0.25, 0.3) is 0 Å². The molecule has 0 spiro atoms. The summed E-state index contributed by atoms with van der Waals surface area (Å²) >= 11 is 4.47. The zero-order chi connectivity index (χ0) is 7.11. The van der Waals surface area contributed by atoms with Crippen LogP contribution in [0.2, 0.25) is 0 Å². The molecule has 0 aliphatic heterocycles. The zero-order valence-corrected chi connectivity index (χ0v) is 9.33. The van der Waals surface area contributed by atoms with Crippen molar-refractivity contribution in [1.29, 1.82) is 0 Å². The number of ether oxygens (including phenoxy) is 1. The molecule has 0 aromatic carbocycles. The molecule has 0 amide bonds. The number of nitrogens with one attached hydrogen (secondary N) is 1. The molecule has 1 radical (unpaired) electrons. The predicted octanol–water partition coefficient (Wildman–Crippen LogP) is -0.525. The van der Waals surface area contributed by atoms with Crippen molar-refractivity contribution in [1.82, 2.24) is 5.32 Å². The van der Waals surface area contributed by atoms with Crippen LogP contribution in [0.4, 0.5) is 0 Å².